The minimum atomic E-state index is -1.37. The SMILES string of the molecule is CCC(=O)C(Cl)C(=O)O. The second-order valence-electron chi connectivity index (χ2n) is 1.52. The molecule has 0 rings (SSSR count). The lowest BCUT2D eigenvalue weighted by Gasteiger charge is -1.97. The molecule has 0 aliphatic carbocycles. The molecular weight excluding hydrogens is 144 g/mol. The standard InChI is InChI=1S/C5H7ClO3/c1-2-3(7)4(6)5(8)9/h4H,2H2,1H3,(H,8,9). The average Bonchev–Trinajstić information content (AvgIpc) is 1.84. The first-order valence-corrected chi connectivity index (χ1v) is 2.92. The van der Waals surface area contributed by atoms with E-state index in [0.29, 0.717) is 0 Å². The average molecular weight is 151 g/mol. The predicted molar refractivity (Wildman–Crippen MR) is 32.6 cm³/mol. The Hall–Kier alpha value is -0.570. The van der Waals surface area contributed by atoms with Gasteiger partial charge in [-0.3, -0.25) is 9.59 Å². The highest BCUT2D eigenvalue weighted by Gasteiger charge is 2.20. The van der Waals surface area contributed by atoms with Crippen molar-refractivity contribution in [2.75, 3.05) is 0 Å². The zero-order valence-corrected chi connectivity index (χ0v) is 5.68. The molecule has 4 heteroatoms. The molecule has 0 fully saturated rings. The monoisotopic (exact) mass is 150 g/mol. The summed E-state index contributed by atoms with van der Waals surface area (Å²) in [6.45, 7) is 1.57. The van der Waals surface area contributed by atoms with Crippen molar-refractivity contribution in [2.24, 2.45) is 0 Å². The molecule has 3 nitrogen and oxygen atoms in total. The smallest absolute Gasteiger partial charge is 0.329 e. The fraction of sp³-hybridized carbons (Fsp3) is 0.600. The van der Waals surface area contributed by atoms with Gasteiger partial charge in [0.25, 0.3) is 0 Å². The maximum atomic E-state index is 10.4. The largest absolute Gasteiger partial charge is 0.480 e. The zero-order chi connectivity index (χ0) is 7.44. The van der Waals surface area contributed by atoms with E-state index in [4.69, 9.17) is 16.7 Å². The highest BCUT2D eigenvalue weighted by atomic mass is 35.5. The van der Waals surface area contributed by atoms with E-state index in [2.05, 4.69) is 0 Å². The van der Waals surface area contributed by atoms with Gasteiger partial charge in [-0.2, -0.15) is 0 Å². The predicted octanol–water partition coefficient (Wildman–Crippen LogP) is 0.657. The van der Waals surface area contributed by atoms with Crippen molar-refractivity contribution in [1.29, 1.82) is 0 Å². The second kappa shape index (κ2) is 3.45. The maximum absolute atomic E-state index is 10.4. The van der Waals surface area contributed by atoms with Crippen LogP contribution in [0.15, 0.2) is 0 Å². The van der Waals surface area contributed by atoms with Crippen molar-refractivity contribution in [3.8, 4) is 0 Å². The Balaban J connectivity index is 3.88. The quantitative estimate of drug-likeness (QED) is 0.475. The molecular formula is C5H7ClO3. The molecule has 0 aromatic rings. The molecule has 0 heterocycles. The number of carboxylic acids is 1. The van der Waals surface area contributed by atoms with Crippen LogP contribution in [0.2, 0.25) is 0 Å². The van der Waals surface area contributed by atoms with Crippen LogP contribution in [0.4, 0.5) is 0 Å². The van der Waals surface area contributed by atoms with Gasteiger partial charge in [-0.05, 0) is 0 Å². The summed E-state index contributed by atoms with van der Waals surface area (Å²) >= 11 is 5.12. The number of rotatable bonds is 3. The van der Waals surface area contributed by atoms with Crippen molar-refractivity contribution in [3.05, 3.63) is 0 Å². The van der Waals surface area contributed by atoms with Gasteiger partial charge < -0.3 is 5.11 Å². The number of hydrogen-bond acceptors (Lipinski definition) is 2. The van der Waals surface area contributed by atoms with Crippen LogP contribution in [0.5, 0.6) is 0 Å². The number of ketones is 1. The van der Waals surface area contributed by atoms with Gasteiger partial charge in [0.1, 0.15) is 0 Å². The van der Waals surface area contributed by atoms with Gasteiger partial charge in [-0.1, -0.05) is 6.92 Å². The van der Waals surface area contributed by atoms with Crippen molar-refractivity contribution in [1.82, 2.24) is 0 Å². The first-order valence-electron chi connectivity index (χ1n) is 2.49. The zero-order valence-electron chi connectivity index (χ0n) is 4.93. The lowest BCUT2D eigenvalue weighted by molar-refractivity contribution is -0.139. The number of Topliss-reactive ketones (excluding diaryl/α,β-unsaturated/α-hetero) is 1. The molecule has 0 saturated carbocycles. The van der Waals surface area contributed by atoms with E-state index in [1.807, 2.05) is 0 Å². The van der Waals surface area contributed by atoms with Crippen LogP contribution in [0.25, 0.3) is 0 Å². The molecule has 1 unspecified atom stereocenters. The Morgan fingerprint density at radius 3 is 2.22 bits per heavy atom. The molecule has 52 valence electrons. The van der Waals surface area contributed by atoms with Crippen LogP contribution in [0.1, 0.15) is 13.3 Å². The van der Waals surface area contributed by atoms with E-state index in [0.717, 1.165) is 0 Å². The van der Waals surface area contributed by atoms with Crippen molar-refractivity contribution >= 4 is 23.4 Å². The molecule has 0 aliphatic rings. The third-order valence-corrected chi connectivity index (χ3v) is 1.28. The molecule has 0 amide bonds. The summed E-state index contributed by atoms with van der Waals surface area (Å²) in [4.78, 5) is 20.4. The van der Waals surface area contributed by atoms with Gasteiger partial charge in [0.2, 0.25) is 0 Å². The van der Waals surface area contributed by atoms with Crippen molar-refractivity contribution in [2.45, 2.75) is 18.7 Å². The van der Waals surface area contributed by atoms with E-state index >= 15 is 0 Å². The molecule has 0 aromatic carbocycles. The molecule has 9 heavy (non-hydrogen) atoms. The van der Waals surface area contributed by atoms with Gasteiger partial charge in [0, 0.05) is 6.42 Å². The molecule has 0 saturated heterocycles. The summed E-state index contributed by atoms with van der Waals surface area (Å²) in [6, 6.07) is 0. The van der Waals surface area contributed by atoms with Crippen LogP contribution in [-0.2, 0) is 9.59 Å². The Morgan fingerprint density at radius 1 is 1.67 bits per heavy atom. The summed E-state index contributed by atoms with van der Waals surface area (Å²) in [5.41, 5.74) is 0. The molecule has 1 N–H and O–H groups in total. The highest BCUT2D eigenvalue weighted by Crippen LogP contribution is 1.99. The van der Waals surface area contributed by atoms with E-state index in [-0.39, 0.29) is 6.42 Å². The number of hydrogen-bond donors (Lipinski definition) is 1. The van der Waals surface area contributed by atoms with Crippen molar-refractivity contribution < 1.29 is 14.7 Å². The highest BCUT2D eigenvalue weighted by molar-refractivity contribution is 6.40. The fourth-order valence-electron chi connectivity index (χ4n) is 0.317. The van der Waals surface area contributed by atoms with Gasteiger partial charge in [-0.25, -0.2) is 0 Å². The van der Waals surface area contributed by atoms with Gasteiger partial charge in [-0.15, -0.1) is 11.6 Å². The Morgan fingerprint density at radius 2 is 2.11 bits per heavy atom. The number of halogens is 1. The first-order chi connectivity index (χ1) is 4.09. The number of alkyl halides is 1. The molecule has 0 aromatic heterocycles. The Labute approximate surface area is 57.6 Å². The normalized spacial score (nSPS) is 12.7. The summed E-state index contributed by atoms with van der Waals surface area (Å²) in [6.07, 6.45) is 0.167. The number of carbonyl (C=O) groups is 2. The molecule has 0 radical (unpaired) electrons. The second-order valence-corrected chi connectivity index (χ2v) is 1.96. The number of aliphatic carboxylic acids is 1. The number of carboxylic acid groups (broad SMARTS) is 1. The van der Waals surface area contributed by atoms with E-state index < -0.39 is 17.1 Å². The van der Waals surface area contributed by atoms with E-state index in [1.54, 1.807) is 6.92 Å². The maximum Gasteiger partial charge on any atom is 0.329 e. The lowest BCUT2D eigenvalue weighted by Crippen LogP contribution is -2.22. The Kier molecular flexibility index (Phi) is 3.24. The topological polar surface area (TPSA) is 54.4 Å². The van der Waals surface area contributed by atoms with Crippen LogP contribution in [0.3, 0.4) is 0 Å². The summed E-state index contributed by atoms with van der Waals surface area (Å²) in [5, 5.41) is 6.76. The van der Waals surface area contributed by atoms with Crippen LogP contribution in [0, 0.1) is 0 Å². The van der Waals surface area contributed by atoms with Crippen LogP contribution >= 0.6 is 11.6 Å². The Bertz CT molecular complexity index is 132. The number of carbonyl (C=O) groups excluding carboxylic acids is 1. The first kappa shape index (κ1) is 8.43. The third-order valence-electron chi connectivity index (χ3n) is 0.848. The van der Waals surface area contributed by atoms with Gasteiger partial charge >= 0.3 is 5.97 Å². The van der Waals surface area contributed by atoms with Crippen LogP contribution < -0.4 is 0 Å². The summed E-state index contributed by atoms with van der Waals surface area (Å²) < 4.78 is 0. The fourth-order valence-corrected chi connectivity index (χ4v) is 0.471. The third kappa shape index (κ3) is 2.46. The van der Waals surface area contributed by atoms with Crippen molar-refractivity contribution in [3.63, 3.8) is 0 Å². The lowest BCUT2D eigenvalue weighted by atomic mass is 10.2. The van der Waals surface area contributed by atoms with Gasteiger partial charge in [0.15, 0.2) is 11.2 Å². The van der Waals surface area contributed by atoms with E-state index in [1.165, 1.54) is 0 Å². The summed E-state index contributed by atoms with van der Waals surface area (Å²) in [7, 11) is 0. The molecule has 1 atom stereocenters. The van der Waals surface area contributed by atoms with E-state index in [9.17, 15) is 9.59 Å². The summed E-state index contributed by atoms with van der Waals surface area (Å²) in [5.74, 6) is -1.73. The minimum Gasteiger partial charge on any atom is -0.480 e. The molecule has 0 aliphatic heterocycles. The molecule has 0 spiro atoms. The molecule has 0 bridgehead atoms. The minimum absolute atomic E-state index is 0.167. The van der Waals surface area contributed by atoms with Gasteiger partial charge in [0.05, 0.1) is 0 Å². The van der Waals surface area contributed by atoms with Crippen LogP contribution in [-0.4, -0.2) is 22.2 Å².